The Bertz CT molecular complexity index is 1460. The summed E-state index contributed by atoms with van der Waals surface area (Å²) in [6.07, 6.45) is 1.73. The molecular formula is C26H19ClN4OS3. The van der Waals surface area contributed by atoms with E-state index in [1.54, 1.807) is 18.0 Å². The van der Waals surface area contributed by atoms with Gasteiger partial charge in [-0.25, -0.2) is 5.43 Å². The van der Waals surface area contributed by atoms with Crippen LogP contribution in [0.4, 0.5) is 0 Å². The van der Waals surface area contributed by atoms with Crippen molar-refractivity contribution in [1.82, 2.24) is 15.6 Å². The summed E-state index contributed by atoms with van der Waals surface area (Å²) in [4.78, 5) is 12.4. The van der Waals surface area contributed by atoms with E-state index in [9.17, 15) is 4.79 Å². The van der Waals surface area contributed by atoms with Gasteiger partial charge in [0.15, 0.2) is 8.68 Å². The van der Waals surface area contributed by atoms with Crippen LogP contribution in [0.5, 0.6) is 0 Å². The lowest BCUT2D eigenvalue weighted by atomic mass is 9.97. The molecule has 174 valence electrons. The number of carbonyl (C=O) groups is 1. The molecule has 9 heteroatoms. The van der Waals surface area contributed by atoms with Gasteiger partial charge < -0.3 is 0 Å². The zero-order valence-corrected chi connectivity index (χ0v) is 21.6. The first-order valence-corrected chi connectivity index (χ1v) is 13.9. The van der Waals surface area contributed by atoms with Crippen molar-refractivity contribution in [3.63, 3.8) is 0 Å². The molecule has 0 bridgehead atoms. The van der Waals surface area contributed by atoms with Gasteiger partial charge in [0.1, 0.15) is 0 Å². The number of hydrogen-bond acceptors (Lipinski definition) is 7. The van der Waals surface area contributed by atoms with E-state index >= 15 is 0 Å². The van der Waals surface area contributed by atoms with Crippen LogP contribution < -0.4 is 5.43 Å². The Labute approximate surface area is 220 Å². The van der Waals surface area contributed by atoms with Crippen molar-refractivity contribution < 1.29 is 4.79 Å². The number of rotatable bonds is 8. The lowest BCUT2D eigenvalue weighted by molar-refractivity contribution is -0.118. The molecule has 0 radical (unpaired) electrons. The van der Waals surface area contributed by atoms with Gasteiger partial charge in [-0.1, -0.05) is 107 Å². The van der Waals surface area contributed by atoms with Gasteiger partial charge in [0.05, 0.1) is 12.0 Å². The van der Waals surface area contributed by atoms with Crippen LogP contribution >= 0.6 is 46.5 Å². The summed E-state index contributed by atoms with van der Waals surface area (Å²) in [6.45, 7) is 0. The molecule has 0 aliphatic heterocycles. The molecule has 0 saturated carbocycles. The van der Waals surface area contributed by atoms with Crippen molar-refractivity contribution in [2.24, 2.45) is 5.10 Å². The van der Waals surface area contributed by atoms with Crippen LogP contribution in [-0.4, -0.2) is 28.1 Å². The molecule has 0 aliphatic rings. The fraction of sp³-hybridized carbons (Fsp3) is 0.0769. The number of aromatic nitrogens is 2. The molecule has 1 aromatic heterocycles. The van der Waals surface area contributed by atoms with Crippen LogP contribution in [-0.2, 0) is 10.5 Å². The van der Waals surface area contributed by atoms with Gasteiger partial charge >= 0.3 is 0 Å². The van der Waals surface area contributed by atoms with Gasteiger partial charge in [0.2, 0.25) is 0 Å². The van der Waals surface area contributed by atoms with Crippen LogP contribution in [0.3, 0.4) is 0 Å². The summed E-state index contributed by atoms with van der Waals surface area (Å²) in [6, 6.07) is 26.3. The first kappa shape index (κ1) is 23.8. The molecule has 4 aromatic carbocycles. The largest absolute Gasteiger partial charge is 0.272 e. The highest BCUT2D eigenvalue weighted by Crippen LogP contribution is 2.31. The molecule has 0 spiro atoms. The van der Waals surface area contributed by atoms with Crippen LogP contribution in [0.25, 0.3) is 21.5 Å². The fourth-order valence-electron chi connectivity index (χ4n) is 3.56. The van der Waals surface area contributed by atoms with E-state index in [1.807, 2.05) is 48.5 Å². The van der Waals surface area contributed by atoms with Crippen LogP contribution in [0.1, 0.15) is 11.1 Å². The predicted octanol–water partition coefficient (Wildman–Crippen LogP) is 7.03. The van der Waals surface area contributed by atoms with Crippen molar-refractivity contribution in [2.45, 2.75) is 14.4 Å². The minimum Gasteiger partial charge on any atom is -0.272 e. The van der Waals surface area contributed by atoms with E-state index in [-0.39, 0.29) is 11.7 Å². The summed E-state index contributed by atoms with van der Waals surface area (Å²) in [5.41, 5.74) is 4.79. The molecule has 1 heterocycles. The average molecular weight is 535 g/mol. The van der Waals surface area contributed by atoms with Gasteiger partial charge in [-0.05, 0) is 45.3 Å². The molecule has 5 rings (SSSR count). The maximum atomic E-state index is 12.4. The molecule has 0 atom stereocenters. The van der Waals surface area contributed by atoms with E-state index in [4.69, 9.17) is 11.6 Å². The Morgan fingerprint density at radius 2 is 1.54 bits per heavy atom. The third kappa shape index (κ3) is 6.02. The third-order valence-electron chi connectivity index (χ3n) is 5.19. The Hall–Kier alpha value is -2.91. The number of halogens is 1. The van der Waals surface area contributed by atoms with E-state index in [1.165, 1.54) is 28.7 Å². The van der Waals surface area contributed by atoms with E-state index in [0.717, 1.165) is 46.6 Å². The van der Waals surface area contributed by atoms with Crippen molar-refractivity contribution >= 4 is 80.1 Å². The van der Waals surface area contributed by atoms with Crippen molar-refractivity contribution in [1.29, 1.82) is 0 Å². The van der Waals surface area contributed by atoms with Crippen molar-refractivity contribution in [3.05, 3.63) is 95.0 Å². The summed E-state index contributed by atoms with van der Waals surface area (Å²) < 4.78 is 1.62. The SMILES string of the molecule is O=C(CSc1nnc(SCc2ccc(Cl)cc2)s1)NN=Cc1c2ccccc2cc2ccccc12. The van der Waals surface area contributed by atoms with E-state index in [0.29, 0.717) is 0 Å². The van der Waals surface area contributed by atoms with Gasteiger partial charge in [-0.3, -0.25) is 4.79 Å². The summed E-state index contributed by atoms with van der Waals surface area (Å²) in [5.74, 6) is 0.805. The quantitative estimate of drug-likeness (QED) is 0.100. The zero-order valence-electron chi connectivity index (χ0n) is 18.3. The second-order valence-electron chi connectivity index (χ2n) is 7.56. The lowest BCUT2D eigenvalue weighted by Gasteiger charge is -2.07. The number of carbonyl (C=O) groups excluding carboxylic acids is 1. The van der Waals surface area contributed by atoms with Crippen LogP contribution in [0, 0.1) is 0 Å². The molecule has 0 aliphatic carbocycles. The maximum absolute atomic E-state index is 12.4. The molecule has 35 heavy (non-hydrogen) atoms. The molecule has 1 amide bonds. The summed E-state index contributed by atoms with van der Waals surface area (Å²) in [7, 11) is 0. The number of amides is 1. The summed E-state index contributed by atoms with van der Waals surface area (Å²) in [5, 5.41) is 17.8. The Balaban J connectivity index is 1.18. The molecule has 0 unspecified atom stereocenters. The molecule has 5 aromatic rings. The topological polar surface area (TPSA) is 67.2 Å². The first-order chi connectivity index (χ1) is 17.2. The Kier molecular flexibility index (Phi) is 7.63. The van der Waals surface area contributed by atoms with Gasteiger partial charge in [0.25, 0.3) is 5.91 Å². The number of nitrogens with zero attached hydrogens (tertiary/aromatic N) is 3. The second kappa shape index (κ2) is 11.2. The number of thioether (sulfide) groups is 2. The number of hydrogen-bond donors (Lipinski definition) is 1. The first-order valence-electron chi connectivity index (χ1n) is 10.7. The minimum absolute atomic E-state index is 0.193. The molecule has 5 nitrogen and oxygen atoms in total. The van der Waals surface area contributed by atoms with Crippen LogP contribution in [0.2, 0.25) is 5.02 Å². The molecule has 0 fully saturated rings. The summed E-state index contributed by atoms with van der Waals surface area (Å²) >= 11 is 10.4. The maximum Gasteiger partial charge on any atom is 0.250 e. The van der Waals surface area contributed by atoms with Gasteiger partial charge in [-0.2, -0.15) is 5.10 Å². The number of nitrogens with one attached hydrogen (secondary N) is 1. The van der Waals surface area contributed by atoms with Crippen molar-refractivity contribution in [2.75, 3.05) is 5.75 Å². The molecular weight excluding hydrogens is 516 g/mol. The third-order valence-corrected chi connectivity index (χ3v) is 8.70. The monoisotopic (exact) mass is 534 g/mol. The van der Waals surface area contributed by atoms with Crippen molar-refractivity contribution in [3.8, 4) is 0 Å². The highest BCUT2D eigenvalue weighted by molar-refractivity contribution is 8.03. The second-order valence-corrected chi connectivity index (χ2v) is 11.4. The van der Waals surface area contributed by atoms with Gasteiger partial charge in [-0.15, -0.1) is 10.2 Å². The smallest absolute Gasteiger partial charge is 0.250 e. The van der Waals surface area contributed by atoms with E-state index < -0.39 is 0 Å². The lowest BCUT2D eigenvalue weighted by Crippen LogP contribution is -2.19. The fourth-order valence-corrected chi connectivity index (χ4v) is 6.45. The molecule has 1 N–H and O–H groups in total. The predicted molar refractivity (Wildman–Crippen MR) is 149 cm³/mol. The normalized spacial score (nSPS) is 11.5. The standard InChI is InChI=1S/C26H19ClN4OS3/c27-20-11-9-17(10-12-20)15-33-25-30-31-26(35-25)34-16-24(32)29-28-14-23-21-7-3-1-5-18(21)13-19-6-2-4-8-22(19)23/h1-14H,15-16H2,(H,29,32). The highest BCUT2D eigenvalue weighted by atomic mass is 35.5. The number of fused-ring (bicyclic) bond motifs is 2. The number of hydrazone groups is 1. The average Bonchev–Trinajstić information content (AvgIpc) is 3.34. The van der Waals surface area contributed by atoms with E-state index in [2.05, 4.69) is 51.1 Å². The van der Waals surface area contributed by atoms with Gasteiger partial charge in [0, 0.05) is 16.3 Å². The highest BCUT2D eigenvalue weighted by Gasteiger charge is 2.09. The molecule has 0 saturated heterocycles. The zero-order chi connectivity index (χ0) is 24.0. The number of benzene rings is 4. The minimum atomic E-state index is -0.193. The Morgan fingerprint density at radius 3 is 2.23 bits per heavy atom. The Morgan fingerprint density at radius 1 is 0.914 bits per heavy atom. The van der Waals surface area contributed by atoms with Crippen LogP contribution in [0.15, 0.2) is 92.6 Å².